The molecular formula is C38H28N2. The zero-order valence-corrected chi connectivity index (χ0v) is 22.2. The van der Waals surface area contributed by atoms with E-state index in [-0.39, 0.29) is 0 Å². The number of benzene rings is 4. The maximum absolute atomic E-state index is 2.45. The van der Waals surface area contributed by atoms with Crippen molar-refractivity contribution >= 4 is 40.0 Å². The number of para-hydroxylation sites is 2. The summed E-state index contributed by atoms with van der Waals surface area (Å²) in [6.45, 7) is 0. The van der Waals surface area contributed by atoms with Crippen LogP contribution in [0.4, 0.5) is 0 Å². The van der Waals surface area contributed by atoms with Crippen LogP contribution in [-0.4, -0.2) is 9.13 Å². The third-order valence-electron chi connectivity index (χ3n) is 9.03. The predicted octanol–water partition coefficient (Wildman–Crippen LogP) is 9.80. The van der Waals surface area contributed by atoms with Gasteiger partial charge in [-0.2, -0.15) is 0 Å². The van der Waals surface area contributed by atoms with E-state index in [2.05, 4.69) is 143 Å². The van der Waals surface area contributed by atoms with Gasteiger partial charge < -0.3 is 9.13 Å². The Morgan fingerprint density at radius 3 is 1.88 bits per heavy atom. The highest BCUT2D eigenvalue weighted by Crippen LogP contribution is 2.55. The van der Waals surface area contributed by atoms with Crippen LogP contribution in [0.25, 0.3) is 62.5 Å². The summed E-state index contributed by atoms with van der Waals surface area (Å²) in [6, 6.07) is 35.7. The Morgan fingerprint density at radius 2 is 1.15 bits per heavy atom. The van der Waals surface area contributed by atoms with E-state index < -0.39 is 0 Å². The van der Waals surface area contributed by atoms with Gasteiger partial charge in [-0.25, -0.2) is 0 Å². The fourth-order valence-electron chi connectivity index (χ4n) is 7.04. The molecule has 2 heteroatoms. The molecule has 2 aromatic heterocycles. The summed E-state index contributed by atoms with van der Waals surface area (Å²) < 4.78 is 4.84. The fourth-order valence-corrected chi connectivity index (χ4v) is 7.04. The van der Waals surface area contributed by atoms with Gasteiger partial charge in [0.1, 0.15) is 0 Å². The number of fused-ring (bicyclic) bond motifs is 8. The molecule has 2 atom stereocenters. The summed E-state index contributed by atoms with van der Waals surface area (Å²) in [4.78, 5) is 0. The molecule has 40 heavy (non-hydrogen) atoms. The van der Waals surface area contributed by atoms with E-state index in [1.807, 2.05) is 0 Å². The molecule has 0 amide bonds. The van der Waals surface area contributed by atoms with Crippen LogP contribution in [0.5, 0.6) is 0 Å². The average Bonchev–Trinajstić information content (AvgIpc) is 3.71. The molecule has 2 nitrogen and oxygen atoms in total. The Morgan fingerprint density at radius 1 is 0.550 bits per heavy atom. The first-order valence-electron chi connectivity index (χ1n) is 14.3. The van der Waals surface area contributed by atoms with Crippen LogP contribution >= 0.6 is 0 Å². The van der Waals surface area contributed by atoms with Crippen molar-refractivity contribution in [1.29, 1.82) is 0 Å². The fraction of sp³-hybridized carbons (Fsp3) is 0.105. The third-order valence-corrected chi connectivity index (χ3v) is 9.03. The first-order chi connectivity index (χ1) is 19.8. The standard InChI is InChI=1S/C38H28N2/c1-2-8-30-31-9-4-6-12-35(31)39(34(30)11-3-1)28-19-14-25(15-20-28)26-16-21-29(22-17-26)40-36-13-7-5-10-32(36)38-33-24-27(33)18-23-37(38)40/h2-23,27,33H,1,24H2. The maximum atomic E-state index is 2.45. The molecule has 0 bridgehead atoms. The van der Waals surface area contributed by atoms with Gasteiger partial charge in [-0.05, 0) is 89.9 Å². The Hall–Kier alpha value is -4.82. The Bertz CT molecular complexity index is 2040. The van der Waals surface area contributed by atoms with Crippen LogP contribution < -0.4 is 0 Å². The predicted molar refractivity (Wildman–Crippen MR) is 168 cm³/mol. The normalized spacial score (nSPS) is 18.5. The number of nitrogens with zero attached hydrogens (tertiary/aromatic N) is 2. The molecule has 0 spiro atoms. The molecule has 2 heterocycles. The second-order valence-electron chi connectivity index (χ2n) is 11.3. The van der Waals surface area contributed by atoms with Crippen molar-refractivity contribution in [3.63, 3.8) is 0 Å². The summed E-state index contributed by atoms with van der Waals surface area (Å²) in [6.07, 6.45) is 16.1. The lowest BCUT2D eigenvalue weighted by Crippen LogP contribution is -2.00. The van der Waals surface area contributed by atoms with E-state index in [4.69, 9.17) is 0 Å². The zero-order chi connectivity index (χ0) is 26.2. The minimum absolute atomic E-state index is 0.697. The van der Waals surface area contributed by atoms with Crippen molar-refractivity contribution in [2.45, 2.75) is 18.8 Å². The van der Waals surface area contributed by atoms with Gasteiger partial charge in [0.2, 0.25) is 0 Å². The first-order valence-corrected chi connectivity index (χ1v) is 14.3. The molecule has 3 aliphatic carbocycles. The van der Waals surface area contributed by atoms with E-state index in [1.54, 1.807) is 5.56 Å². The lowest BCUT2D eigenvalue weighted by atomic mass is 10.0. The summed E-state index contributed by atoms with van der Waals surface area (Å²) >= 11 is 0. The van der Waals surface area contributed by atoms with Crippen molar-refractivity contribution in [3.05, 3.63) is 138 Å². The van der Waals surface area contributed by atoms with Gasteiger partial charge >= 0.3 is 0 Å². The molecule has 0 N–H and O–H groups in total. The molecule has 3 aliphatic rings. The molecule has 0 aliphatic heterocycles. The van der Waals surface area contributed by atoms with Crippen LogP contribution in [0.1, 0.15) is 41.3 Å². The van der Waals surface area contributed by atoms with Crippen molar-refractivity contribution in [2.75, 3.05) is 0 Å². The van der Waals surface area contributed by atoms with Crippen LogP contribution in [0, 0.1) is 5.92 Å². The van der Waals surface area contributed by atoms with Crippen molar-refractivity contribution in [2.24, 2.45) is 5.92 Å². The highest BCUT2D eigenvalue weighted by Gasteiger charge is 2.42. The SMILES string of the molecule is C1=Cc2c(n(-c3ccc(-c4ccc(-n5c6c(c7ccccc75)C5CC5C=C6)cc4)cc3)c3ccccc23)C=CC1. The summed E-state index contributed by atoms with van der Waals surface area (Å²) in [7, 11) is 0. The molecule has 0 radical (unpaired) electrons. The maximum Gasteiger partial charge on any atom is 0.0541 e. The largest absolute Gasteiger partial charge is 0.310 e. The number of aromatic nitrogens is 2. The van der Waals surface area contributed by atoms with Crippen molar-refractivity contribution in [1.82, 2.24) is 9.13 Å². The minimum Gasteiger partial charge on any atom is -0.310 e. The number of allylic oxidation sites excluding steroid dienone is 3. The Labute approximate surface area is 233 Å². The monoisotopic (exact) mass is 512 g/mol. The number of hydrogen-bond donors (Lipinski definition) is 0. The molecule has 2 unspecified atom stereocenters. The van der Waals surface area contributed by atoms with Crippen LogP contribution in [-0.2, 0) is 0 Å². The van der Waals surface area contributed by atoms with Crippen molar-refractivity contribution in [3.8, 4) is 22.5 Å². The van der Waals surface area contributed by atoms with Gasteiger partial charge in [-0.1, -0.05) is 85.0 Å². The molecule has 4 aromatic carbocycles. The van der Waals surface area contributed by atoms with E-state index in [1.165, 1.54) is 67.7 Å². The van der Waals surface area contributed by atoms with Gasteiger partial charge in [-0.3, -0.25) is 0 Å². The third kappa shape index (κ3) is 3.17. The number of rotatable bonds is 3. The van der Waals surface area contributed by atoms with Crippen LogP contribution in [0.3, 0.4) is 0 Å². The lowest BCUT2D eigenvalue weighted by molar-refractivity contribution is 0.976. The second-order valence-corrected chi connectivity index (χ2v) is 11.3. The molecular weight excluding hydrogens is 484 g/mol. The van der Waals surface area contributed by atoms with E-state index >= 15 is 0 Å². The van der Waals surface area contributed by atoms with Gasteiger partial charge in [0.25, 0.3) is 0 Å². The van der Waals surface area contributed by atoms with Crippen LogP contribution in [0.2, 0.25) is 0 Å². The van der Waals surface area contributed by atoms with Crippen molar-refractivity contribution < 1.29 is 0 Å². The molecule has 1 saturated carbocycles. The second kappa shape index (κ2) is 8.34. The van der Waals surface area contributed by atoms with Gasteiger partial charge in [0.15, 0.2) is 0 Å². The summed E-state index contributed by atoms with van der Waals surface area (Å²) in [5, 5.41) is 2.71. The smallest absolute Gasteiger partial charge is 0.0541 e. The lowest BCUT2D eigenvalue weighted by Gasteiger charge is -2.13. The van der Waals surface area contributed by atoms with E-state index in [0.29, 0.717) is 5.92 Å². The topological polar surface area (TPSA) is 9.86 Å². The Balaban J connectivity index is 1.10. The van der Waals surface area contributed by atoms with E-state index in [9.17, 15) is 0 Å². The van der Waals surface area contributed by atoms with Gasteiger partial charge in [0.05, 0.1) is 22.4 Å². The molecule has 190 valence electrons. The first kappa shape index (κ1) is 22.0. The summed E-state index contributed by atoms with van der Waals surface area (Å²) in [5.41, 5.74) is 12.9. The van der Waals surface area contributed by atoms with Crippen LogP contribution in [0.15, 0.2) is 115 Å². The quantitative estimate of drug-likeness (QED) is 0.223. The average molecular weight is 513 g/mol. The molecule has 0 saturated heterocycles. The van der Waals surface area contributed by atoms with E-state index in [0.717, 1.165) is 12.3 Å². The highest BCUT2D eigenvalue weighted by atomic mass is 15.0. The van der Waals surface area contributed by atoms with Gasteiger partial charge in [0, 0.05) is 27.7 Å². The minimum atomic E-state index is 0.697. The Kier molecular flexibility index (Phi) is 4.59. The summed E-state index contributed by atoms with van der Waals surface area (Å²) in [5.74, 6) is 1.44. The zero-order valence-electron chi connectivity index (χ0n) is 22.2. The molecule has 9 rings (SSSR count). The highest BCUT2D eigenvalue weighted by molar-refractivity contribution is 5.96. The molecule has 1 fully saturated rings. The van der Waals surface area contributed by atoms with Gasteiger partial charge in [-0.15, -0.1) is 0 Å². The molecule has 6 aromatic rings. The number of hydrogen-bond acceptors (Lipinski definition) is 0.